The molecular weight excluding hydrogens is 494 g/mol. The average molecular weight is 520 g/mol. The molecule has 0 amide bonds. The van der Waals surface area contributed by atoms with Gasteiger partial charge in [0.1, 0.15) is 5.82 Å². The third-order valence-electron chi connectivity index (χ3n) is 4.58. The molecule has 0 saturated heterocycles. The van der Waals surface area contributed by atoms with Crippen LogP contribution in [0.5, 0.6) is 0 Å². The Balaban J connectivity index is 0.00000320. The average Bonchev–Trinajstić information content (AvgIpc) is 2.74. The lowest BCUT2D eigenvalue weighted by Gasteiger charge is -2.12. The molecule has 7 heteroatoms. The second-order valence-corrected chi connectivity index (χ2v) is 6.71. The van der Waals surface area contributed by atoms with Crippen molar-refractivity contribution < 1.29 is 4.39 Å². The van der Waals surface area contributed by atoms with E-state index in [1.807, 2.05) is 30.3 Å². The summed E-state index contributed by atoms with van der Waals surface area (Å²) in [4.78, 5) is 16.0. The zero-order valence-electron chi connectivity index (χ0n) is 16.8. The molecule has 0 spiro atoms. The highest BCUT2D eigenvalue weighted by atomic mass is 127. The Morgan fingerprint density at radius 3 is 2.27 bits per heavy atom. The largest absolute Gasteiger partial charge is 0.356 e. The lowest BCUT2D eigenvalue weighted by Crippen LogP contribution is -2.37. The topological polar surface area (TPSA) is 58.4 Å². The van der Waals surface area contributed by atoms with Crippen LogP contribution in [0.2, 0.25) is 0 Å². The van der Waals surface area contributed by atoms with Gasteiger partial charge in [0.15, 0.2) is 5.96 Å². The van der Waals surface area contributed by atoms with Crippen LogP contribution in [0.4, 0.5) is 4.39 Å². The van der Waals surface area contributed by atoms with Gasteiger partial charge in [-0.3, -0.25) is 9.79 Å². The van der Waals surface area contributed by atoms with E-state index in [9.17, 15) is 9.18 Å². The molecule has 1 heterocycles. The maximum absolute atomic E-state index is 12.9. The summed E-state index contributed by atoms with van der Waals surface area (Å²) in [6.45, 7) is 1.90. The fourth-order valence-corrected chi connectivity index (χ4v) is 2.93. The van der Waals surface area contributed by atoms with E-state index in [-0.39, 0.29) is 35.4 Å². The summed E-state index contributed by atoms with van der Waals surface area (Å²) in [5, 5.41) is 6.54. The van der Waals surface area contributed by atoms with Gasteiger partial charge < -0.3 is 15.2 Å². The number of hydrogen-bond donors (Lipinski definition) is 2. The van der Waals surface area contributed by atoms with E-state index in [0.717, 1.165) is 23.1 Å². The quantitative estimate of drug-likeness (QED) is 0.285. The van der Waals surface area contributed by atoms with Crippen LogP contribution in [0, 0.1) is 5.82 Å². The minimum Gasteiger partial charge on any atom is -0.356 e. The van der Waals surface area contributed by atoms with Crippen LogP contribution in [-0.4, -0.2) is 24.1 Å². The number of guanidine groups is 1. The fourth-order valence-electron chi connectivity index (χ4n) is 2.93. The van der Waals surface area contributed by atoms with Crippen molar-refractivity contribution in [2.24, 2.45) is 4.99 Å². The maximum Gasteiger partial charge on any atom is 0.250 e. The summed E-state index contributed by atoms with van der Waals surface area (Å²) in [5.74, 6) is 0.494. The van der Waals surface area contributed by atoms with Crippen molar-refractivity contribution in [1.82, 2.24) is 15.2 Å². The van der Waals surface area contributed by atoms with Gasteiger partial charge in [-0.25, -0.2) is 4.39 Å². The van der Waals surface area contributed by atoms with Gasteiger partial charge in [0.05, 0.1) is 6.54 Å². The highest BCUT2D eigenvalue weighted by Gasteiger charge is 2.01. The molecule has 0 fully saturated rings. The molecule has 0 unspecified atom stereocenters. The minimum atomic E-state index is -0.221. The van der Waals surface area contributed by atoms with Gasteiger partial charge in [-0.2, -0.15) is 0 Å². The van der Waals surface area contributed by atoms with Gasteiger partial charge in [0.2, 0.25) is 0 Å². The summed E-state index contributed by atoms with van der Waals surface area (Å²) >= 11 is 0. The van der Waals surface area contributed by atoms with Gasteiger partial charge in [-0.05, 0) is 41.3 Å². The fraction of sp³-hybridized carbons (Fsp3) is 0.217. The first-order chi connectivity index (χ1) is 14.1. The number of pyridine rings is 1. The van der Waals surface area contributed by atoms with Crippen LogP contribution in [0.15, 0.2) is 82.7 Å². The van der Waals surface area contributed by atoms with Crippen LogP contribution in [-0.2, 0) is 19.5 Å². The molecule has 158 valence electrons. The number of rotatable bonds is 7. The molecule has 3 rings (SSSR count). The zero-order valence-corrected chi connectivity index (χ0v) is 19.2. The van der Waals surface area contributed by atoms with Crippen LogP contribution >= 0.6 is 24.0 Å². The van der Waals surface area contributed by atoms with E-state index >= 15 is 0 Å². The second-order valence-electron chi connectivity index (χ2n) is 6.71. The van der Waals surface area contributed by atoms with Crippen molar-refractivity contribution >= 4 is 29.9 Å². The van der Waals surface area contributed by atoms with E-state index in [0.29, 0.717) is 25.6 Å². The zero-order chi connectivity index (χ0) is 20.5. The van der Waals surface area contributed by atoms with Gasteiger partial charge in [-0.15, -0.1) is 24.0 Å². The minimum absolute atomic E-state index is 0. The van der Waals surface area contributed by atoms with Crippen molar-refractivity contribution in [3.63, 3.8) is 0 Å². The molecule has 0 bridgehead atoms. The highest BCUT2D eigenvalue weighted by molar-refractivity contribution is 14.0. The SMILES string of the molecule is CN=C(NCCc1ccc(F)cc1)NCc1ccc(Cn2ccccc2=O)cc1.I. The Labute approximate surface area is 193 Å². The Morgan fingerprint density at radius 1 is 0.933 bits per heavy atom. The van der Waals surface area contributed by atoms with Gasteiger partial charge in [0, 0.05) is 32.4 Å². The van der Waals surface area contributed by atoms with E-state index in [1.54, 1.807) is 42.1 Å². The Kier molecular flexibility index (Phi) is 9.53. The third kappa shape index (κ3) is 7.29. The second kappa shape index (κ2) is 12.1. The number of nitrogens with zero attached hydrogens (tertiary/aromatic N) is 2. The molecule has 0 atom stereocenters. The van der Waals surface area contributed by atoms with Crippen molar-refractivity contribution in [2.45, 2.75) is 19.5 Å². The van der Waals surface area contributed by atoms with Gasteiger partial charge in [-0.1, -0.05) is 42.5 Å². The molecule has 2 aromatic carbocycles. The number of halogens is 2. The molecule has 0 radical (unpaired) electrons. The van der Waals surface area contributed by atoms with Crippen LogP contribution in [0.1, 0.15) is 16.7 Å². The smallest absolute Gasteiger partial charge is 0.250 e. The number of nitrogens with one attached hydrogen (secondary N) is 2. The Morgan fingerprint density at radius 2 is 1.60 bits per heavy atom. The summed E-state index contributed by atoms with van der Waals surface area (Å²) in [6, 6.07) is 19.8. The van der Waals surface area contributed by atoms with Crippen LogP contribution in [0.3, 0.4) is 0 Å². The monoisotopic (exact) mass is 520 g/mol. The molecule has 0 saturated carbocycles. The first-order valence-corrected chi connectivity index (χ1v) is 9.56. The van der Waals surface area contributed by atoms with E-state index in [1.165, 1.54) is 12.1 Å². The van der Waals surface area contributed by atoms with Crippen LogP contribution in [0.25, 0.3) is 0 Å². The Hall–Kier alpha value is -2.68. The first kappa shape index (κ1) is 23.6. The Bertz CT molecular complexity index is 1000. The maximum atomic E-state index is 12.9. The van der Waals surface area contributed by atoms with Gasteiger partial charge in [0.25, 0.3) is 5.56 Å². The standard InChI is InChI=1S/C23H25FN4O.HI/c1-25-23(26-14-13-18-9-11-21(24)12-10-18)27-16-19-5-7-20(8-6-19)17-28-15-3-2-4-22(28)29;/h2-12,15H,13-14,16-17H2,1H3,(H2,25,26,27);1H. The molecular formula is C23H26FIN4O. The lowest BCUT2D eigenvalue weighted by atomic mass is 10.1. The molecule has 0 aliphatic carbocycles. The number of aromatic nitrogens is 1. The number of aliphatic imine (C=N–C) groups is 1. The third-order valence-corrected chi connectivity index (χ3v) is 4.58. The number of hydrogen-bond acceptors (Lipinski definition) is 2. The van der Waals surface area contributed by atoms with Crippen molar-refractivity contribution in [3.05, 3.63) is 106 Å². The molecule has 2 N–H and O–H groups in total. The lowest BCUT2D eigenvalue weighted by molar-refractivity contribution is 0.626. The van der Waals surface area contributed by atoms with Crippen molar-refractivity contribution in [2.75, 3.05) is 13.6 Å². The van der Waals surface area contributed by atoms with E-state index in [4.69, 9.17) is 0 Å². The molecule has 30 heavy (non-hydrogen) atoms. The van der Waals surface area contributed by atoms with E-state index in [2.05, 4.69) is 15.6 Å². The molecule has 1 aromatic heterocycles. The molecule has 0 aliphatic rings. The van der Waals surface area contributed by atoms with E-state index < -0.39 is 0 Å². The summed E-state index contributed by atoms with van der Waals surface area (Å²) < 4.78 is 14.6. The predicted molar refractivity (Wildman–Crippen MR) is 130 cm³/mol. The summed E-state index contributed by atoms with van der Waals surface area (Å²) in [5.41, 5.74) is 3.26. The molecule has 0 aliphatic heterocycles. The van der Waals surface area contributed by atoms with Crippen molar-refractivity contribution in [3.8, 4) is 0 Å². The molecule has 3 aromatic rings. The van der Waals surface area contributed by atoms with Crippen molar-refractivity contribution in [1.29, 1.82) is 0 Å². The van der Waals surface area contributed by atoms with Crippen LogP contribution < -0.4 is 16.2 Å². The summed E-state index contributed by atoms with van der Waals surface area (Å²) in [6.07, 6.45) is 2.58. The predicted octanol–water partition coefficient (Wildman–Crippen LogP) is 3.56. The molecule has 5 nitrogen and oxygen atoms in total. The number of benzene rings is 2. The normalized spacial score (nSPS) is 10.9. The summed E-state index contributed by atoms with van der Waals surface area (Å²) in [7, 11) is 1.73. The van der Waals surface area contributed by atoms with Gasteiger partial charge >= 0.3 is 0 Å². The highest BCUT2D eigenvalue weighted by Crippen LogP contribution is 2.06. The first-order valence-electron chi connectivity index (χ1n) is 9.56.